The summed E-state index contributed by atoms with van der Waals surface area (Å²) in [6.45, 7) is 3.69. The molecule has 2 aromatic rings. The third-order valence-corrected chi connectivity index (χ3v) is 3.48. The molecule has 2 rings (SSSR count). The van der Waals surface area contributed by atoms with Crippen LogP contribution in [0.5, 0.6) is 0 Å². The van der Waals surface area contributed by atoms with Crippen molar-refractivity contribution >= 4 is 17.5 Å². The molecular formula is C18H18F3N3O2. The first kappa shape index (κ1) is 19.4. The first-order valence-electron chi connectivity index (χ1n) is 7.79. The highest BCUT2D eigenvalue weighted by molar-refractivity contribution is 6.03. The number of anilines is 1. The summed E-state index contributed by atoms with van der Waals surface area (Å²) in [6, 6.07) is 5.64. The van der Waals surface area contributed by atoms with Crippen molar-refractivity contribution in [1.29, 1.82) is 0 Å². The van der Waals surface area contributed by atoms with Crippen molar-refractivity contribution in [3.8, 4) is 0 Å². The van der Waals surface area contributed by atoms with Crippen LogP contribution in [0.15, 0.2) is 42.7 Å². The van der Waals surface area contributed by atoms with E-state index < -0.39 is 30.5 Å². The van der Waals surface area contributed by atoms with Gasteiger partial charge in [0.1, 0.15) is 6.42 Å². The predicted molar refractivity (Wildman–Crippen MR) is 90.3 cm³/mol. The van der Waals surface area contributed by atoms with Gasteiger partial charge in [-0.25, -0.2) is 0 Å². The van der Waals surface area contributed by atoms with E-state index in [1.807, 2.05) is 25.2 Å². The number of aromatic nitrogens is 1. The molecular weight excluding hydrogens is 347 g/mol. The molecule has 0 aliphatic rings. The van der Waals surface area contributed by atoms with Gasteiger partial charge in [-0.05, 0) is 43.2 Å². The van der Waals surface area contributed by atoms with Gasteiger partial charge in [0, 0.05) is 23.6 Å². The average molecular weight is 365 g/mol. The summed E-state index contributed by atoms with van der Waals surface area (Å²) in [5.74, 6) is -1.72. The van der Waals surface area contributed by atoms with Crippen molar-refractivity contribution in [1.82, 2.24) is 10.3 Å². The molecule has 0 radical (unpaired) electrons. The van der Waals surface area contributed by atoms with Crippen molar-refractivity contribution in [2.24, 2.45) is 0 Å². The van der Waals surface area contributed by atoms with E-state index in [-0.39, 0.29) is 5.56 Å². The Morgan fingerprint density at radius 1 is 1.12 bits per heavy atom. The molecule has 1 heterocycles. The second-order valence-corrected chi connectivity index (χ2v) is 5.93. The van der Waals surface area contributed by atoms with Crippen molar-refractivity contribution in [2.45, 2.75) is 32.5 Å². The topological polar surface area (TPSA) is 71.1 Å². The number of amides is 2. The minimum absolute atomic E-state index is 0.205. The summed E-state index contributed by atoms with van der Waals surface area (Å²) >= 11 is 0. The van der Waals surface area contributed by atoms with Crippen molar-refractivity contribution < 1.29 is 22.8 Å². The van der Waals surface area contributed by atoms with E-state index in [2.05, 4.69) is 10.3 Å². The van der Waals surface area contributed by atoms with Crippen molar-refractivity contribution in [3.63, 3.8) is 0 Å². The second-order valence-electron chi connectivity index (χ2n) is 5.93. The summed E-state index contributed by atoms with van der Waals surface area (Å²) in [5, 5.41) is 4.36. The van der Waals surface area contributed by atoms with Gasteiger partial charge in [0.25, 0.3) is 0 Å². The molecule has 0 spiro atoms. The quantitative estimate of drug-likeness (QED) is 0.798. The van der Waals surface area contributed by atoms with E-state index >= 15 is 0 Å². The fourth-order valence-electron chi connectivity index (χ4n) is 2.51. The Kier molecular flexibility index (Phi) is 5.97. The molecule has 2 amide bonds. The highest BCUT2D eigenvalue weighted by atomic mass is 19.4. The smallest absolute Gasteiger partial charge is 0.340 e. The molecule has 0 fully saturated rings. The molecule has 1 atom stereocenters. The van der Waals surface area contributed by atoms with Crippen LogP contribution in [0.3, 0.4) is 0 Å². The number of aryl methyl sites for hydroxylation is 2. The van der Waals surface area contributed by atoms with Crippen LogP contribution in [0, 0.1) is 13.8 Å². The Hall–Kier alpha value is -2.90. The van der Waals surface area contributed by atoms with Gasteiger partial charge in [0.05, 0.1) is 0 Å². The molecule has 0 saturated heterocycles. The lowest BCUT2D eigenvalue weighted by atomic mass is 10.1. The molecule has 0 aliphatic heterocycles. The van der Waals surface area contributed by atoms with E-state index in [0.717, 1.165) is 17.3 Å². The summed E-state index contributed by atoms with van der Waals surface area (Å²) in [5.41, 5.74) is 2.11. The maximum absolute atomic E-state index is 13.2. The van der Waals surface area contributed by atoms with Crippen LogP contribution in [-0.4, -0.2) is 23.0 Å². The van der Waals surface area contributed by atoms with Gasteiger partial charge in [-0.2, -0.15) is 13.2 Å². The Morgan fingerprint density at radius 3 is 2.31 bits per heavy atom. The maximum atomic E-state index is 13.2. The maximum Gasteiger partial charge on any atom is 0.412 e. The number of hydrogen-bond acceptors (Lipinski definition) is 3. The zero-order chi connectivity index (χ0) is 19.3. The molecule has 138 valence electrons. The molecule has 1 aromatic heterocycles. The van der Waals surface area contributed by atoms with E-state index in [0.29, 0.717) is 5.69 Å². The molecule has 0 saturated carbocycles. The first-order chi connectivity index (χ1) is 12.1. The molecule has 26 heavy (non-hydrogen) atoms. The number of nitrogens with one attached hydrogen (secondary N) is 2. The van der Waals surface area contributed by atoms with Gasteiger partial charge in [-0.1, -0.05) is 12.1 Å². The van der Waals surface area contributed by atoms with Crippen LogP contribution in [-0.2, 0) is 9.59 Å². The third kappa shape index (κ3) is 5.58. The van der Waals surface area contributed by atoms with Gasteiger partial charge in [0.15, 0.2) is 6.04 Å². The molecule has 0 bridgehead atoms. The number of nitrogens with zero attached hydrogens (tertiary/aromatic N) is 1. The van der Waals surface area contributed by atoms with Crippen LogP contribution in [0.4, 0.5) is 18.9 Å². The number of alkyl halides is 3. The SMILES string of the molecule is Cc1cc(C)cc(NC(=O)CC(=O)N[C@@H](c2cccnc2)C(F)(F)F)c1. The Balaban J connectivity index is 2.02. The van der Waals surface area contributed by atoms with Crippen molar-refractivity contribution in [3.05, 3.63) is 59.4 Å². The fraction of sp³-hybridized carbons (Fsp3) is 0.278. The van der Waals surface area contributed by atoms with E-state index in [9.17, 15) is 22.8 Å². The van der Waals surface area contributed by atoms with Gasteiger partial charge >= 0.3 is 6.18 Å². The standard InChI is InChI=1S/C18H18F3N3O2/c1-11-6-12(2)8-14(7-11)23-15(25)9-16(26)24-17(18(19,20)21)13-4-3-5-22-10-13/h3-8,10,17H,9H2,1-2H3,(H,23,25)(H,24,26)/t17-/m0/s1. The summed E-state index contributed by atoms with van der Waals surface area (Å²) < 4.78 is 39.6. The monoisotopic (exact) mass is 365 g/mol. The Morgan fingerprint density at radius 2 is 1.77 bits per heavy atom. The Bertz CT molecular complexity index is 772. The second kappa shape index (κ2) is 7.99. The molecule has 0 unspecified atom stereocenters. The molecule has 5 nitrogen and oxygen atoms in total. The lowest BCUT2D eigenvalue weighted by Gasteiger charge is -2.21. The lowest BCUT2D eigenvalue weighted by Crippen LogP contribution is -2.39. The van der Waals surface area contributed by atoms with E-state index in [1.54, 1.807) is 12.1 Å². The van der Waals surface area contributed by atoms with Crippen LogP contribution < -0.4 is 10.6 Å². The van der Waals surface area contributed by atoms with Gasteiger partial charge < -0.3 is 10.6 Å². The summed E-state index contributed by atoms with van der Waals surface area (Å²) in [4.78, 5) is 27.5. The minimum atomic E-state index is -4.71. The lowest BCUT2D eigenvalue weighted by molar-refractivity contribution is -0.163. The number of halogens is 3. The fourth-order valence-corrected chi connectivity index (χ4v) is 2.51. The number of carbonyl (C=O) groups is 2. The third-order valence-electron chi connectivity index (χ3n) is 3.48. The van der Waals surface area contributed by atoms with E-state index in [1.165, 1.54) is 18.3 Å². The molecule has 2 N–H and O–H groups in total. The number of hydrogen-bond donors (Lipinski definition) is 2. The number of benzene rings is 1. The highest BCUT2D eigenvalue weighted by Gasteiger charge is 2.42. The van der Waals surface area contributed by atoms with Gasteiger partial charge in [-0.3, -0.25) is 14.6 Å². The normalized spacial score (nSPS) is 12.3. The van der Waals surface area contributed by atoms with E-state index in [4.69, 9.17) is 0 Å². The Labute approximate surface area is 148 Å². The minimum Gasteiger partial charge on any atom is -0.340 e. The predicted octanol–water partition coefficient (Wildman–Crippen LogP) is 3.45. The molecule has 0 aliphatic carbocycles. The highest BCUT2D eigenvalue weighted by Crippen LogP contribution is 2.32. The first-order valence-corrected chi connectivity index (χ1v) is 7.79. The van der Waals surface area contributed by atoms with Gasteiger partial charge in [0.2, 0.25) is 11.8 Å². The summed E-state index contributed by atoms with van der Waals surface area (Å²) in [7, 11) is 0. The molecule has 8 heteroatoms. The average Bonchev–Trinajstić information content (AvgIpc) is 2.51. The van der Waals surface area contributed by atoms with Crippen LogP contribution >= 0.6 is 0 Å². The largest absolute Gasteiger partial charge is 0.412 e. The van der Waals surface area contributed by atoms with Gasteiger partial charge in [-0.15, -0.1) is 0 Å². The van der Waals surface area contributed by atoms with Crippen molar-refractivity contribution in [2.75, 3.05) is 5.32 Å². The summed E-state index contributed by atoms with van der Waals surface area (Å²) in [6.07, 6.45) is -3.08. The van der Waals surface area contributed by atoms with Crippen LogP contribution in [0.1, 0.15) is 29.2 Å². The zero-order valence-electron chi connectivity index (χ0n) is 14.2. The number of rotatable bonds is 5. The van der Waals surface area contributed by atoms with Crippen LogP contribution in [0.25, 0.3) is 0 Å². The number of pyridine rings is 1. The van der Waals surface area contributed by atoms with Crippen LogP contribution in [0.2, 0.25) is 0 Å². The number of carbonyl (C=O) groups excluding carboxylic acids is 2. The zero-order valence-corrected chi connectivity index (χ0v) is 14.2. The molecule has 1 aromatic carbocycles.